The van der Waals surface area contributed by atoms with E-state index in [0.717, 1.165) is 50.6 Å². The highest BCUT2D eigenvalue weighted by molar-refractivity contribution is 5.80. The molecule has 0 atom stereocenters. The highest BCUT2D eigenvalue weighted by Crippen LogP contribution is 2.20. The highest BCUT2D eigenvalue weighted by atomic mass is 19.1. The monoisotopic (exact) mass is 400 g/mol. The smallest absolute Gasteiger partial charge is 0.219 e. The number of rotatable bonds is 7. The predicted octanol–water partition coefficient (Wildman–Crippen LogP) is 3.98. The first-order valence-electron chi connectivity index (χ1n) is 10.2. The van der Waals surface area contributed by atoms with Gasteiger partial charge >= 0.3 is 0 Å². The van der Waals surface area contributed by atoms with Crippen molar-refractivity contribution in [2.24, 2.45) is 4.99 Å². The summed E-state index contributed by atoms with van der Waals surface area (Å²) in [6.07, 6.45) is 4.16. The van der Waals surface area contributed by atoms with Crippen LogP contribution in [0.25, 0.3) is 0 Å². The van der Waals surface area contributed by atoms with Crippen molar-refractivity contribution in [3.05, 3.63) is 54.0 Å². The SMILES string of the molecule is CCNC(=NCc1ccc(Oc2ccc(F)cc2)nc1)N1CCC(OCC)CC1. The Labute approximate surface area is 171 Å². The molecular weight excluding hydrogens is 371 g/mol. The minimum Gasteiger partial charge on any atom is -0.439 e. The molecule has 2 aromatic rings. The van der Waals surface area contributed by atoms with Gasteiger partial charge in [-0.2, -0.15) is 0 Å². The molecule has 0 radical (unpaired) electrons. The topological polar surface area (TPSA) is 59.0 Å². The maximum absolute atomic E-state index is 13.0. The van der Waals surface area contributed by atoms with E-state index in [2.05, 4.69) is 22.1 Å². The van der Waals surface area contributed by atoms with Gasteiger partial charge in [-0.25, -0.2) is 14.4 Å². The zero-order valence-corrected chi connectivity index (χ0v) is 17.1. The van der Waals surface area contributed by atoms with Gasteiger partial charge in [0, 0.05) is 38.5 Å². The molecule has 7 heteroatoms. The molecule has 0 amide bonds. The molecule has 2 heterocycles. The number of halogens is 1. The molecule has 0 bridgehead atoms. The number of hydrogen-bond acceptors (Lipinski definition) is 4. The Bertz CT molecular complexity index is 772. The number of guanidine groups is 1. The molecule has 3 rings (SSSR count). The lowest BCUT2D eigenvalue weighted by Crippen LogP contribution is -2.47. The number of piperidine rings is 1. The standard InChI is InChI=1S/C22H29FN4O2/c1-3-24-22(27-13-11-19(12-14-27)28-4-2)26-16-17-5-10-21(25-15-17)29-20-8-6-18(23)7-9-20/h5-10,15,19H,3-4,11-14,16H2,1-2H3,(H,24,26). The lowest BCUT2D eigenvalue weighted by Gasteiger charge is -2.34. The summed E-state index contributed by atoms with van der Waals surface area (Å²) in [6, 6.07) is 9.62. The molecule has 0 saturated carbocycles. The van der Waals surface area contributed by atoms with E-state index < -0.39 is 0 Å². The van der Waals surface area contributed by atoms with Gasteiger partial charge in [-0.15, -0.1) is 0 Å². The molecule has 1 aromatic carbocycles. The Morgan fingerprint density at radius 2 is 1.93 bits per heavy atom. The van der Waals surface area contributed by atoms with Crippen molar-refractivity contribution in [1.82, 2.24) is 15.2 Å². The minimum absolute atomic E-state index is 0.294. The molecule has 1 N–H and O–H groups in total. The molecule has 156 valence electrons. The van der Waals surface area contributed by atoms with Gasteiger partial charge in [-0.1, -0.05) is 6.07 Å². The van der Waals surface area contributed by atoms with E-state index in [9.17, 15) is 4.39 Å². The lowest BCUT2D eigenvalue weighted by atomic mass is 10.1. The number of aliphatic imine (C=N–C) groups is 1. The van der Waals surface area contributed by atoms with Crippen LogP contribution < -0.4 is 10.1 Å². The normalized spacial score (nSPS) is 15.4. The minimum atomic E-state index is -0.294. The first-order chi connectivity index (χ1) is 14.2. The summed E-state index contributed by atoms with van der Waals surface area (Å²) >= 11 is 0. The number of nitrogens with one attached hydrogen (secondary N) is 1. The van der Waals surface area contributed by atoms with Crippen LogP contribution in [0.5, 0.6) is 11.6 Å². The van der Waals surface area contributed by atoms with Crippen LogP contribution in [0.15, 0.2) is 47.6 Å². The summed E-state index contributed by atoms with van der Waals surface area (Å²) in [5.74, 6) is 1.65. The third-order valence-electron chi connectivity index (χ3n) is 4.72. The number of likely N-dealkylation sites (tertiary alicyclic amines) is 1. The summed E-state index contributed by atoms with van der Waals surface area (Å²) in [6.45, 7) is 8.14. The van der Waals surface area contributed by atoms with Crippen LogP contribution in [0.4, 0.5) is 4.39 Å². The van der Waals surface area contributed by atoms with Gasteiger partial charge in [0.05, 0.1) is 12.6 Å². The summed E-state index contributed by atoms with van der Waals surface area (Å²) in [5, 5.41) is 3.38. The van der Waals surface area contributed by atoms with E-state index in [0.29, 0.717) is 24.3 Å². The van der Waals surface area contributed by atoms with E-state index in [1.54, 1.807) is 24.4 Å². The van der Waals surface area contributed by atoms with Crippen LogP contribution in [0.2, 0.25) is 0 Å². The fourth-order valence-electron chi connectivity index (χ4n) is 3.25. The van der Waals surface area contributed by atoms with E-state index in [-0.39, 0.29) is 5.82 Å². The van der Waals surface area contributed by atoms with Crippen LogP contribution in [0.3, 0.4) is 0 Å². The van der Waals surface area contributed by atoms with Crippen molar-refractivity contribution in [3.8, 4) is 11.6 Å². The predicted molar refractivity (Wildman–Crippen MR) is 112 cm³/mol. The second kappa shape index (κ2) is 10.8. The first-order valence-corrected chi connectivity index (χ1v) is 10.2. The number of aromatic nitrogens is 1. The summed E-state index contributed by atoms with van der Waals surface area (Å²) in [4.78, 5) is 11.4. The quantitative estimate of drug-likeness (QED) is 0.563. The maximum Gasteiger partial charge on any atom is 0.219 e. The molecular formula is C22H29FN4O2. The van der Waals surface area contributed by atoms with E-state index >= 15 is 0 Å². The molecule has 0 aliphatic carbocycles. The van der Waals surface area contributed by atoms with E-state index in [1.807, 2.05) is 13.0 Å². The fourth-order valence-corrected chi connectivity index (χ4v) is 3.25. The second-order valence-electron chi connectivity index (χ2n) is 6.87. The Balaban J connectivity index is 1.57. The highest BCUT2D eigenvalue weighted by Gasteiger charge is 2.21. The third-order valence-corrected chi connectivity index (χ3v) is 4.72. The number of benzene rings is 1. The molecule has 29 heavy (non-hydrogen) atoms. The maximum atomic E-state index is 13.0. The van der Waals surface area contributed by atoms with Gasteiger partial charge in [0.25, 0.3) is 0 Å². The molecule has 1 aliphatic heterocycles. The third kappa shape index (κ3) is 6.42. The van der Waals surface area contributed by atoms with Crippen LogP contribution in [-0.4, -0.2) is 48.2 Å². The van der Waals surface area contributed by atoms with Gasteiger partial charge in [0.1, 0.15) is 11.6 Å². The number of hydrogen-bond donors (Lipinski definition) is 1. The molecule has 1 saturated heterocycles. The number of ether oxygens (including phenoxy) is 2. The molecule has 0 spiro atoms. The molecule has 6 nitrogen and oxygen atoms in total. The Morgan fingerprint density at radius 3 is 2.55 bits per heavy atom. The van der Waals surface area contributed by atoms with Crippen molar-refractivity contribution in [2.45, 2.75) is 39.3 Å². The Morgan fingerprint density at radius 1 is 1.17 bits per heavy atom. The fraction of sp³-hybridized carbons (Fsp3) is 0.455. The Hall–Kier alpha value is -2.67. The lowest BCUT2D eigenvalue weighted by molar-refractivity contribution is 0.0263. The summed E-state index contributed by atoms with van der Waals surface area (Å²) in [5.41, 5.74) is 0.996. The number of nitrogens with zero attached hydrogens (tertiary/aromatic N) is 3. The first kappa shape index (κ1) is 21.0. The van der Waals surface area contributed by atoms with Gasteiger partial charge in [-0.05, 0) is 56.5 Å². The van der Waals surface area contributed by atoms with E-state index in [1.165, 1.54) is 12.1 Å². The Kier molecular flexibility index (Phi) is 7.81. The van der Waals surface area contributed by atoms with Gasteiger partial charge < -0.3 is 19.7 Å². The van der Waals surface area contributed by atoms with Crippen molar-refractivity contribution >= 4 is 5.96 Å². The zero-order valence-electron chi connectivity index (χ0n) is 17.1. The van der Waals surface area contributed by atoms with Crippen LogP contribution >= 0.6 is 0 Å². The molecule has 1 fully saturated rings. The number of pyridine rings is 1. The van der Waals surface area contributed by atoms with Crippen LogP contribution in [-0.2, 0) is 11.3 Å². The molecule has 1 aromatic heterocycles. The molecule has 0 unspecified atom stereocenters. The van der Waals surface area contributed by atoms with Gasteiger partial charge in [-0.3, -0.25) is 0 Å². The van der Waals surface area contributed by atoms with Crippen molar-refractivity contribution < 1.29 is 13.9 Å². The largest absolute Gasteiger partial charge is 0.439 e. The summed E-state index contributed by atoms with van der Waals surface area (Å²) in [7, 11) is 0. The molecule has 1 aliphatic rings. The van der Waals surface area contributed by atoms with Crippen LogP contribution in [0, 0.1) is 5.82 Å². The second-order valence-corrected chi connectivity index (χ2v) is 6.87. The average molecular weight is 400 g/mol. The van der Waals surface area contributed by atoms with Gasteiger partial charge in [0.15, 0.2) is 5.96 Å². The zero-order chi connectivity index (χ0) is 20.5. The van der Waals surface area contributed by atoms with Crippen molar-refractivity contribution in [2.75, 3.05) is 26.2 Å². The van der Waals surface area contributed by atoms with Crippen molar-refractivity contribution in [1.29, 1.82) is 0 Å². The average Bonchev–Trinajstić information content (AvgIpc) is 2.75. The van der Waals surface area contributed by atoms with Crippen LogP contribution in [0.1, 0.15) is 32.3 Å². The van der Waals surface area contributed by atoms with E-state index in [4.69, 9.17) is 14.5 Å². The summed E-state index contributed by atoms with van der Waals surface area (Å²) < 4.78 is 24.3. The van der Waals surface area contributed by atoms with Gasteiger partial charge in [0.2, 0.25) is 5.88 Å². The van der Waals surface area contributed by atoms with Crippen molar-refractivity contribution in [3.63, 3.8) is 0 Å².